The van der Waals surface area contributed by atoms with Crippen LogP contribution in [-0.2, 0) is 14.8 Å². The van der Waals surface area contributed by atoms with Gasteiger partial charge in [0.05, 0.1) is 17.0 Å². The normalized spacial score (nSPS) is 12.5. The largest absolute Gasteiger partial charge is 0.480 e. The van der Waals surface area contributed by atoms with Crippen LogP contribution in [0.5, 0.6) is 0 Å². The molecule has 7 nitrogen and oxygen atoms in total. The Morgan fingerprint density at radius 2 is 1.90 bits per heavy atom. The van der Waals surface area contributed by atoms with Gasteiger partial charge in [-0.05, 0) is 25.5 Å². The zero-order valence-electron chi connectivity index (χ0n) is 11.8. The first-order valence-electron chi connectivity index (χ1n) is 6.40. The Kier molecular flexibility index (Phi) is 5.71. The number of carbonyl (C=O) groups excluding carboxylic acids is 1. The Morgan fingerprint density at radius 1 is 1.29 bits per heavy atom. The molecule has 1 rings (SSSR count). The third-order valence-corrected chi connectivity index (χ3v) is 4.10. The number of benzene rings is 1. The number of carbonyl (C=O) groups is 2. The maximum atomic E-state index is 12.0. The highest BCUT2D eigenvalue weighted by molar-refractivity contribution is 7.92. The third-order valence-electron chi connectivity index (χ3n) is 2.63. The number of hydrogen-bond acceptors (Lipinski definition) is 4. The summed E-state index contributed by atoms with van der Waals surface area (Å²) in [5.74, 6) is -1.89. The van der Waals surface area contributed by atoms with E-state index in [1.807, 2.05) is 0 Å². The molecular weight excluding hydrogens is 296 g/mol. The quantitative estimate of drug-likeness (QED) is 0.696. The molecule has 1 aromatic rings. The smallest absolute Gasteiger partial charge is 0.325 e. The lowest BCUT2D eigenvalue weighted by atomic mass is 10.1. The topological polar surface area (TPSA) is 113 Å². The Morgan fingerprint density at radius 3 is 2.48 bits per heavy atom. The number of anilines is 1. The lowest BCUT2D eigenvalue weighted by Gasteiger charge is -2.14. The zero-order chi connectivity index (χ0) is 16.0. The van der Waals surface area contributed by atoms with Gasteiger partial charge in [0.15, 0.2) is 0 Å². The summed E-state index contributed by atoms with van der Waals surface area (Å²) in [4.78, 5) is 22.8. The standard InChI is InChI=1S/C13H18N2O5S/c1-3-8-21(19,20)15-11-7-5-4-6-10(11)12(16)14-9(2)13(17)18/h4-7,9,15H,3,8H2,1-2H3,(H,14,16)(H,17,18)/t9-/m1/s1. The monoisotopic (exact) mass is 314 g/mol. The second-order valence-corrected chi connectivity index (χ2v) is 6.34. The predicted octanol–water partition coefficient (Wildman–Crippen LogP) is 1.04. The Hall–Kier alpha value is -2.09. The van der Waals surface area contributed by atoms with Crippen molar-refractivity contribution in [1.82, 2.24) is 5.32 Å². The van der Waals surface area contributed by atoms with Crippen molar-refractivity contribution in [2.24, 2.45) is 0 Å². The molecule has 1 amide bonds. The molecule has 21 heavy (non-hydrogen) atoms. The fourth-order valence-electron chi connectivity index (χ4n) is 1.59. The fourth-order valence-corrected chi connectivity index (χ4v) is 2.75. The molecule has 0 unspecified atom stereocenters. The molecule has 0 saturated heterocycles. The summed E-state index contributed by atoms with van der Waals surface area (Å²) in [6.45, 7) is 3.05. The number of carboxylic acids is 1. The second-order valence-electron chi connectivity index (χ2n) is 4.50. The molecule has 0 spiro atoms. The van der Waals surface area contributed by atoms with Crippen LogP contribution in [-0.4, -0.2) is 37.2 Å². The highest BCUT2D eigenvalue weighted by atomic mass is 32.2. The van der Waals surface area contributed by atoms with Crippen molar-refractivity contribution in [3.05, 3.63) is 29.8 Å². The summed E-state index contributed by atoms with van der Waals surface area (Å²) in [6.07, 6.45) is 0.444. The number of amides is 1. The summed E-state index contributed by atoms with van der Waals surface area (Å²) >= 11 is 0. The first kappa shape index (κ1) is 17.0. The van der Waals surface area contributed by atoms with Crippen molar-refractivity contribution in [2.75, 3.05) is 10.5 Å². The van der Waals surface area contributed by atoms with Gasteiger partial charge < -0.3 is 10.4 Å². The van der Waals surface area contributed by atoms with Gasteiger partial charge in [0.25, 0.3) is 5.91 Å². The van der Waals surface area contributed by atoms with Gasteiger partial charge in [0.2, 0.25) is 10.0 Å². The minimum absolute atomic E-state index is 0.0610. The fraction of sp³-hybridized carbons (Fsp3) is 0.385. The maximum Gasteiger partial charge on any atom is 0.325 e. The summed E-state index contributed by atoms with van der Waals surface area (Å²) < 4.78 is 25.9. The van der Waals surface area contributed by atoms with E-state index >= 15 is 0 Å². The first-order chi connectivity index (χ1) is 9.76. The van der Waals surface area contributed by atoms with Crippen molar-refractivity contribution >= 4 is 27.6 Å². The molecule has 116 valence electrons. The van der Waals surface area contributed by atoms with E-state index in [0.29, 0.717) is 6.42 Å². The number of nitrogens with one attached hydrogen (secondary N) is 2. The van der Waals surface area contributed by atoms with Gasteiger partial charge in [-0.2, -0.15) is 0 Å². The van der Waals surface area contributed by atoms with Gasteiger partial charge in [0, 0.05) is 0 Å². The molecule has 8 heteroatoms. The van der Waals surface area contributed by atoms with Gasteiger partial charge in [0.1, 0.15) is 6.04 Å². The summed E-state index contributed by atoms with van der Waals surface area (Å²) in [7, 11) is -3.53. The van der Waals surface area contributed by atoms with E-state index in [1.165, 1.54) is 19.1 Å². The van der Waals surface area contributed by atoms with Crippen LogP contribution in [0.4, 0.5) is 5.69 Å². The SMILES string of the molecule is CCCS(=O)(=O)Nc1ccccc1C(=O)N[C@H](C)C(=O)O. The van der Waals surface area contributed by atoms with Crippen LogP contribution in [0.1, 0.15) is 30.6 Å². The Labute approximate surface area is 123 Å². The molecule has 0 heterocycles. The summed E-state index contributed by atoms with van der Waals surface area (Å²) in [5, 5.41) is 11.1. The molecule has 0 aliphatic heterocycles. The molecule has 0 fully saturated rings. The van der Waals surface area contributed by atoms with Gasteiger partial charge in [-0.15, -0.1) is 0 Å². The average molecular weight is 314 g/mol. The van der Waals surface area contributed by atoms with E-state index in [9.17, 15) is 18.0 Å². The Balaban J connectivity index is 2.99. The number of hydrogen-bond donors (Lipinski definition) is 3. The molecule has 0 radical (unpaired) electrons. The molecule has 1 atom stereocenters. The van der Waals surface area contributed by atoms with Crippen LogP contribution in [0.2, 0.25) is 0 Å². The molecule has 0 aliphatic carbocycles. The summed E-state index contributed by atoms with van der Waals surface area (Å²) in [5.41, 5.74) is 0.200. The van der Waals surface area contributed by atoms with Gasteiger partial charge in [-0.1, -0.05) is 19.1 Å². The van der Waals surface area contributed by atoms with Crippen molar-refractivity contribution in [3.8, 4) is 0 Å². The average Bonchev–Trinajstić information content (AvgIpc) is 2.38. The molecular formula is C13H18N2O5S. The zero-order valence-corrected chi connectivity index (χ0v) is 12.6. The summed E-state index contributed by atoms with van der Waals surface area (Å²) in [6, 6.07) is 4.96. The minimum atomic E-state index is -3.53. The van der Waals surface area contributed by atoms with E-state index in [0.717, 1.165) is 0 Å². The van der Waals surface area contributed by atoms with Crippen LogP contribution in [0.3, 0.4) is 0 Å². The first-order valence-corrected chi connectivity index (χ1v) is 8.05. The van der Waals surface area contributed by atoms with Gasteiger partial charge in [-0.25, -0.2) is 8.42 Å². The molecule has 3 N–H and O–H groups in total. The molecule has 0 saturated carbocycles. The number of sulfonamides is 1. The predicted molar refractivity (Wildman–Crippen MR) is 78.7 cm³/mol. The van der Waals surface area contributed by atoms with Crippen LogP contribution < -0.4 is 10.0 Å². The van der Waals surface area contributed by atoms with Gasteiger partial charge >= 0.3 is 5.97 Å². The van der Waals surface area contributed by atoms with E-state index in [1.54, 1.807) is 19.1 Å². The lowest BCUT2D eigenvalue weighted by Crippen LogP contribution is -2.38. The number of carboxylic acid groups (broad SMARTS) is 1. The van der Waals surface area contributed by atoms with Crippen LogP contribution in [0, 0.1) is 0 Å². The maximum absolute atomic E-state index is 12.0. The Bertz CT molecular complexity index is 627. The molecule has 0 aromatic heterocycles. The number of para-hydroxylation sites is 1. The van der Waals surface area contributed by atoms with Crippen LogP contribution in [0.25, 0.3) is 0 Å². The van der Waals surface area contributed by atoms with E-state index < -0.39 is 27.9 Å². The molecule has 0 aliphatic rings. The highest BCUT2D eigenvalue weighted by Gasteiger charge is 2.19. The molecule has 0 bridgehead atoms. The minimum Gasteiger partial charge on any atom is -0.480 e. The van der Waals surface area contributed by atoms with Crippen molar-refractivity contribution < 1.29 is 23.1 Å². The highest BCUT2D eigenvalue weighted by Crippen LogP contribution is 2.17. The van der Waals surface area contributed by atoms with E-state index in [4.69, 9.17) is 5.11 Å². The van der Waals surface area contributed by atoms with Gasteiger partial charge in [-0.3, -0.25) is 14.3 Å². The number of aliphatic carboxylic acids is 1. The van der Waals surface area contributed by atoms with Crippen molar-refractivity contribution in [2.45, 2.75) is 26.3 Å². The second kappa shape index (κ2) is 7.07. The van der Waals surface area contributed by atoms with E-state index in [-0.39, 0.29) is 17.0 Å². The lowest BCUT2D eigenvalue weighted by molar-refractivity contribution is -0.138. The van der Waals surface area contributed by atoms with Crippen molar-refractivity contribution in [1.29, 1.82) is 0 Å². The van der Waals surface area contributed by atoms with E-state index in [2.05, 4.69) is 10.0 Å². The van der Waals surface area contributed by atoms with Crippen LogP contribution >= 0.6 is 0 Å². The third kappa shape index (κ3) is 5.07. The van der Waals surface area contributed by atoms with Crippen molar-refractivity contribution in [3.63, 3.8) is 0 Å². The number of rotatable bonds is 7. The van der Waals surface area contributed by atoms with Crippen LogP contribution in [0.15, 0.2) is 24.3 Å². The molecule has 1 aromatic carbocycles.